The van der Waals surface area contributed by atoms with Crippen LogP contribution in [0.4, 0.5) is 15.8 Å². The SMILES string of the molecule is N#CC[C@@H](Nc1c(C#N)cnc2c(C#N)cc(N[C@@H](C3=CN(C4CC4)NN3)c3ccc(F)nc3)cc12)c1ccccc1. The van der Waals surface area contributed by atoms with E-state index in [1.54, 1.807) is 12.1 Å². The molecule has 0 bridgehead atoms. The van der Waals surface area contributed by atoms with Crippen molar-refractivity contribution in [1.82, 2.24) is 25.9 Å². The van der Waals surface area contributed by atoms with Crippen molar-refractivity contribution in [3.05, 3.63) is 107 Å². The zero-order valence-corrected chi connectivity index (χ0v) is 22.3. The molecule has 2 atom stereocenters. The average molecular weight is 557 g/mol. The number of pyridine rings is 2. The molecule has 1 saturated carbocycles. The summed E-state index contributed by atoms with van der Waals surface area (Å²) in [6, 6.07) is 22.2. The lowest BCUT2D eigenvalue weighted by Crippen LogP contribution is -2.38. The van der Waals surface area contributed by atoms with Crippen LogP contribution < -0.4 is 21.6 Å². The zero-order valence-electron chi connectivity index (χ0n) is 22.3. The number of anilines is 2. The van der Waals surface area contributed by atoms with E-state index in [0.29, 0.717) is 39.4 Å². The summed E-state index contributed by atoms with van der Waals surface area (Å²) >= 11 is 0. The van der Waals surface area contributed by atoms with Gasteiger partial charge in [0.2, 0.25) is 5.95 Å². The summed E-state index contributed by atoms with van der Waals surface area (Å²) in [5.74, 6) is -0.586. The maximum atomic E-state index is 13.7. The van der Waals surface area contributed by atoms with E-state index < -0.39 is 18.0 Å². The van der Waals surface area contributed by atoms with E-state index in [2.05, 4.69) is 49.8 Å². The number of hydrogen-bond acceptors (Lipinski definition) is 10. The molecule has 0 saturated heterocycles. The van der Waals surface area contributed by atoms with Crippen LogP contribution in [-0.2, 0) is 0 Å². The molecule has 2 aromatic heterocycles. The second-order valence-corrected chi connectivity index (χ2v) is 10.1. The van der Waals surface area contributed by atoms with Gasteiger partial charge in [0.15, 0.2) is 0 Å². The van der Waals surface area contributed by atoms with Gasteiger partial charge in [-0.05, 0) is 42.2 Å². The van der Waals surface area contributed by atoms with Crippen molar-refractivity contribution >= 4 is 22.3 Å². The first kappa shape index (κ1) is 26.5. The monoisotopic (exact) mass is 556 g/mol. The molecule has 206 valence electrons. The summed E-state index contributed by atoms with van der Waals surface area (Å²) in [6.07, 6.45) is 7.21. The van der Waals surface area contributed by atoms with E-state index in [1.165, 1.54) is 18.5 Å². The van der Waals surface area contributed by atoms with Crippen LogP contribution in [0.5, 0.6) is 0 Å². The van der Waals surface area contributed by atoms with Crippen LogP contribution in [0.3, 0.4) is 0 Å². The predicted molar refractivity (Wildman–Crippen MR) is 154 cm³/mol. The van der Waals surface area contributed by atoms with Gasteiger partial charge in [0.25, 0.3) is 0 Å². The van der Waals surface area contributed by atoms with Crippen molar-refractivity contribution in [2.75, 3.05) is 10.6 Å². The quantitative estimate of drug-likeness (QED) is 0.206. The first-order chi connectivity index (χ1) is 20.6. The number of fused-ring (bicyclic) bond motifs is 1. The van der Waals surface area contributed by atoms with Crippen LogP contribution >= 0.6 is 0 Å². The molecule has 1 fully saturated rings. The van der Waals surface area contributed by atoms with Crippen molar-refractivity contribution < 1.29 is 4.39 Å². The highest BCUT2D eigenvalue weighted by Gasteiger charge is 2.32. The van der Waals surface area contributed by atoms with Crippen molar-refractivity contribution in [3.8, 4) is 18.2 Å². The van der Waals surface area contributed by atoms with Crippen LogP contribution in [0.25, 0.3) is 10.9 Å². The lowest BCUT2D eigenvalue weighted by Gasteiger charge is -2.23. The minimum Gasteiger partial charge on any atom is -0.376 e. The summed E-state index contributed by atoms with van der Waals surface area (Å²) < 4.78 is 13.7. The molecule has 0 radical (unpaired) electrons. The summed E-state index contributed by atoms with van der Waals surface area (Å²) in [4.78, 5) is 8.29. The molecule has 42 heavy (non-hydrogen) atoms. The maximum Gasteiger partial charge on any atom is 0.212 e. The molecule has 4 N–H and O–H groups in total. The fourth-order valence-corrected chi connectivity index (χ4v) is 5.02. The van der Waals surface area contributed by atoms with Crippen LogP contribution in [0.2, 0.25) is 0 Å². The third-order valence-electron chi connectivity index (χ3n) is 7.28. The Morgan fingerprint density at radius 1 is 0.952 bits per heavy atom. The van der Waals surface area contributed by atoms with Gasteiger partial charge in [0.05, 0.1) is 52.6 Å². The Morgan fingerprint density at radius 2 is 1.76 bits per heavy atom. The normalized spacial score (nSPS) is 15.5. The second-order valence-electron chi connectivity index (χ2n) is 10.1. The second kappa shape index (κ2) is 11.4. The Hall–Kier alpha value is -5.70. The first-order valence-corrected chi connectivity index (χ1v) is 13.4. The van der Waals surface area contributed by atoms with E-state index in [-0.39, 0.29) is 12.0 Å². The molecule has 3 heterocycles. The lowest BCUT2D eigenvalue weighted by atomic mass is 10.00. The molecule has 10 nitrogen and oxygen atoms in total. The summed E-state index contributed by atoms with van der Waals surface area (Å²) in [7, 11) is 0. The first-order valence-electron chi connectivity index (χ1n) is 13.4. The molecular weight excluding hydrogens is 531 g/mol. The minimum atomic E-state index is -0.586. The Kier molecular flexibility index (Phi) is 7.21. The van der Waals surface area contributed by atoms with Crippen molar-refractivity contribution in [2.45, 2.75) is 37.4 Å². The van der Waals surface area contributed by atoms with Crippen molar-refractivity contribution in [2.24, 2.45) is 0 Å². The standard InChI is InChI=1S/C31H25FN10/c32-28-9-6-20(16-36-28)31(27-18-42(41-40-27)24-7-8-24)38-23-12-21(14-34)29-25(13-23)30(22(15-35)17-37-29)39-26(10-11-33)19-4-2-1-3-5-19/h1-6,9,12-13,16-18,24,26,31,38,40-41H,7-8,10H2,(H,37,39)/t26-,31-/m1/s1. The van der Waals surface area contributed by atoms with Crippen LogP contribution in [0.1, 0.15) is 53.6 Å². The largest absolute Gasteiger partial charge is 0.376 e. The molecule has 4 aromatic rings. The van der Waals surface area contributed by atoms with Crippen LogP contribution in [0.15, 0.2) is 78.9 Å². The summed E-state index contributed by atoms with van der Waals surface area (Å²) in [6.45, 7) is 0. The molecule has 1 aliphatic heterocycles. The zero-order chi connectivity index (χ0) is 29.1. The number of hydrogen-bond donors (Lipinski definition) is 4. The van der Waals surface area contributed by atoms with Gasteiger partial charge in [-0.1, -0.05) is 36.4 Å². The molecule has 2 aromatic carbocycles. The Bertz CT molecular complexity index is 1780. The molecule has 0 spiro atoms. The highest BCUT2D eigenvalue weighted by atomic mass is 19.1. The molecule has 11 heteroatoms. The van der Waals surface area contributed by atoms with Gasteiger partial charge in [-0.3, -0.25) is 9.99 Å². The Morgan fingerprint density at radius 3 is 2.45 bits per heavy atom. The molecule has 1 aliphatic carbocycles. The van der Waals surface area contributed by atoms with E-state index in [4.69, 9.17) is 0 Å². The number of hydrazine groups is 2. The summed E-state index contributed by atoms with van der Waals surface area (Å²) in [5.41, 5.74) is 10.8. The molecule has 2 aliphatic rings. The third-order valence-corrected chi connectivity index (χ3v) is 7.28. The predicted octanol–water partition coefficient (Wildman–Crippen LogP) is 5.06. The van der Waals surface area contributed by atoms with Gasteiger partial charge in [-0.15, -0.1) is 5.53 Å². The number of nitrogens with zero attached hydrogens (tertiary/aromatic N) is 6. The average Bonchev–Trinajstić information content (AvgIpc) is 3.76. The van der Waals surface area contributed by atoms with E-state index in [1.807, 2.05) is 47.6 Å². The lowest BCUT2D eigenvalue weighted by molar-refractivity contribution is 0.260. The van der Waals surface area contributed by atoms with Crippen LogP contribution in [-0.4, -0.2) is 21.0 Å². The summed E-state index contributed by atoms with van der Waals surface area (Å²) in [5, 5.41) is 39.0. The number of rotatable bonds is 9. The third kappa shape index (κ3) is 5.35. The molecule has 6 rings (SSSR count). The molecule has 0 amide bonds. The molecule has 0 unspecified atom stereocenters. The number of nitriles is 3. The Labute approximate surface area is 241 Å². The number of benzene rings is 2. The highest BCUT2D eigenvalue weighted by molar-refractivity contribution is 5.99. The number of halogens is 1. The van der Waals surface area contributed by atoms with Gasteiger partial charge in [-0.2, -0.15) is 20.2 Å². The van der Waals surface area contributed by atoms with E-state index in [9.17, 15) is 20.2 Å². The van der Waals surface area contributed by atoms with Crippen molar-refractivity contribution in [1.29, 1.82) is 15.8 Å². The van der Waals surface area contributed by atoms with Gasteiger partial charge in [0.1, 0.15) is 12.1 Å². The smallest absolute Gasteiger partial charge is 0.212 e. The fourth-order valence-electron chi connectivity index (χ4n) is 5.02. The topological polar surface area (TPSA) is 149 Å². The maximum absolute atomic E-state index is 13.7. The number of aromatic nitrogens is 2. The van der Waals surface area contributed by atoms with Gasteiger partial charge >= 0.3 is 0 Å². The van der Waals surface area contributed by atoms with Crippen LogP contribution in [0, 0.1) is 39.9 Å². The highest BCUT2D eigenvalue weighted by Crippen LogP contribution is 2.36. The van der Waals surface area contributed by atoms with Gasteiger partial charge in [0, 0.05) is 35.7 Å². The minimum absolute atomic E-state index is 0.158. The molecular formula is C31H25FN10. The van der Waals surface area contributed by atoms with E-state index in [0.717, 1.165) is 24.1 Å². The number of nitrogens with one attached hydrogen (secondary N) is 4. The van der Waals surface area contributed by atoms with Gasteiger partial charge in [-0.25, -0.2) is 4.98 Å². The van der Waals surface area contributed by atoms with Crippen molar-refractivity contribution in [3.63, 3.8) is 0 Å². The fraction of sp³-hybridized carbons (Fsp3) is 0.194. The van der Waals surface area contributed by atoms with E-state index >= 15 is 0 Å². The Balaban J connectivity index is 1.44. The van der Waals surface area contributed by atoms with Gasteiger partial charge < -0.3 is 16.1 Å².